The Hall–Kier alpha value is -2.63. The van der Waals surface area contributed by atoms with Gasteiger partial charge in [0.1, 0.15) is 5.75 Å². The zero-order valence-corrected chi connectivity index (χ0v) is 13.7. The first kappa shape index (κ1) is 14.9. The summed E-state index contributed by atoms with van der Waals surface area (Å²) >= 11 is -1.25. The monoisotopic (exact) mass is 333 g/mol. The summed E-state index contributed by atoms with van der Waals surface area (Å²) in [5.41, 5.74) is 4.62. The number of aromatic nitrogens is 3. The SMILES string of the molecule is [O-][S+](Cc1ccccc1-c1ccccn1)c1nc2ccccc2[nH]1. The molecule has 118 valence electrons. The van der Waals surface area contributed by atoms with Gasteiger partial charge in [-0.3, -0.25) is 9.97 Å². The Morgan fingerprint density at radius 1 is 0.917 bits per heavy atom. The summed E-state index contributed by atoms with van der Waals surface area (Å²) in [4.78, 5) is 12.0. The van der Waals surface area contributed by atoms with Crippen LogP contribution in [0.3, 0.4) is 0 Å². The number of pyridine rings is 1. The summed E-state index contributed by atoms with van der Waals surface area (Å²) in [6.45, 7) is 0. The third-order valence-electron chi connectivity index (χ3n) is 3.83. The van der Waals surface area contributed by atoms with Gasteiger partial charge in [0.2, 0.25) is 0 Å². The van der Waals surface area contributed by atoms with Gasteiger partial charge in [0, 0.05) is 28.5 Å². The van der Waals surface area contributed by atoms with E-state index in [4.69, 9.17) is 0 Å². The molecule has 2 aromatic carbocycles. The molecule has 4 rings (SSSR count). The van der Waals surface area contributed by atoms with Gasteiger partial charge in [0.05, 0.1) is 16.7 Å². The summed E-state index contributed by atoms with van der Waals surface area (Å²) in [7, 11) is 0. The molecule has 0 aliphatic rings. The molecule has 0 radical (unpaired) electrons. The number of para-hydroxylation sites is 2. The van der Waals surface area contributed by atoms with E-state index in [1.54, 1.807) is 6.20 Å². The average molecular weight is 333 g/mol. The molecular weight excluding hydrogens is 318 g/mol. The summed E-state index contributed by atoms with van der Waals surface area (Å²) in [5.74, 6) is 0.395. The van der Waals surface area contributed by atoms with Crippen LogP contribution >= 0.6 is 0 Å². The van der Waals surface area contributed by atoms with Crippen LogP contribution in [0.5, 0.6) is 0 Å². The number of nitrogens with zero attached hydrogens (tertiary/aromatic N) is 2. The van der Waals surface area contributed by atoms with Crippen LogP contribution < -0.4 is 0 Å². The second-order valence-corrected chi connectivity index (χ2v) is 6.79. The van der Waals surface area contributed by atoms with Gasteiger partial charge in [-0.15, -0.1) is 0 Å². The zero-order chi connectivity index (χ0) is 16.4. The average Bonchev–Trinajstić information content (AvgIpc) is 3.07. The van der Waals surface area contributed by atoms with Crippen LogP contribution in [0.25, 0.3) is 22.3 Å². The molecule has 4 aromatic rings. The van der Waals surface area contributed by atoms with Gasteiger partial charge < -0.3 is 4.55 Å². The Labute approximate surface area is 142 Å². The van der Waals surface area contributed by atoms with Crippen LogP contribution in [0.2, 0.25) is 0 Å². The van der Waals surface area contributed by atoms with E-state index in [1.807, 2.05) is 66.7 Å². The number of aromatic amines is 1. The number of nitrogens with one attached hydrogen (secondary N) is 1. The van der Waals surface area contributed by atoms with E-state index in [0.717, 1.165) is 27.9 Å². The molecule has 2 heterocycles. The molecule has 2 aromatic heterocycles. The first-order chi connectivity index (χ1) is 11.8. The molecule has 0 bridgehead atoms. The second-order valence-electron chi connectivity index (χ2n) is 5.42. The molecule has 1 N–H and O–H groups in total. The highest BCUT2D eigenvalue weighted by Crippen LogP contribution is 2.25. The molecule has 4 nitrogen and oxygen atoms in total. The molecule has 0 aliphatic carbocycles. The Morgan fingerprint density at radius 2 is 1.71 bits per heavy atom. The minimum Gasteiger partial charge on any atom is -0.609 e. The van der Waals surface area contributed by atoms with E-state index in [9.17, 15) is 4.55 Å². The van der Waals surface area contributed by atoms with Crippen molar-refractivity contribution in [3.8, 4) is 11.3 Å². The minimum absolute atomic E-state index is 0.395. The minimum atomic E-state index is -1.25. The van der Waals surface area contributed by atoms with Crippen LogP contribution in [0.15, 0.2) is 78.1 Å². The molecule has 0 saturated carbocycles. The highest BCUT2D eigenvalue weighted by molar-refractivity contribution is 7.90. The molecule has 1 atom stereocenters. The number of H-pyrrole nitrogens is 1. The Bertz CT molecular complexity index is 935. The van der Waals surface area contributed by atoms with Gasteiger partial charge in [-0.25, -0.2) is 0 Å². The van der Waals surface area contributed by atoms with Gasteiger partial charge in [0.15, 0.2) is 0 Å². The lowest BCUT2D eigenvalue weighted by molar-refractivity contribution is 0.587. The van der Waals surface area contributed by atoms with Gasteiger partial charge in [-0.1, -0.05) is 42.5 Å². The van der Waals surface area contributed by atoms with Crippen LogP contribution in [0.1, 0.15) is 5.56 Å². The smallest absolute Gasteiger partial charge is 0.321 e. The predicted molar refractivity (Wildman–Crippen MR) is 95.9 cm³/mol. The largest absolute Gasteiger partial charge is 0.609 e. The van der Waals surface area contributed by atoms with Crippen LogP contribution in [0.4, 0.5) is 0 Å². The number of fused-ring (bicyclic) bond motifs is 1. The summed E-state index contributed by atoms with van der Waals surface area (Å²) in [6, 6.07) is 21.4. The van der Waals surface area contributed by atoms with Crippen molar-refractivity contribution in [2.45, 2.75) is 10.9 Å². The highest BCUT2D eigenvalue weighted by Gasteiger charge is 2.19. The molecule has 24 heavy (non-hydrogen) atoms. The van der Waals surface area contributed by atoms with Gasteiger partial charge in [-0.2, -0.15) is 4.98 Å². The predicted octanol–water partition coefficient (Wildman–Crippen LogP) is 3.93. The van der Waals surface area contributed by atoms with Gasteiger partial charge >= 0.3 is 5.16 Å². The normalized spacial score (nSPS) is 12.4. The lowest BCUT2D eigenvalue weighted by atomic mass is 10.1. The van der Waals surface area contributed by atoms with Crippen LogP contribution in [-0.4, -0.2) is 19.5 Å². The van der Waals surface area contributed by atoms with Crippen molar-refractivity contribution < 1.29 is 4.55 Å². The second kappa shape index (κ2) is 6.47. The van der Waals surface area contributed by atoms with Gasteiger partial charge in [0.25, 0.3) is 0 Å². The van der Waals surface area contributed by atoms with E-state index in [0.29, 0.717) is 10.9 Å². The molecule has 0 spiro atoms. The standard InChI is InChI=1S/C19H15N3OS/c23-24(19-21-17-10-3-4-11-18(17)22-19)13-14-7-1-2-8-15(14)16-9-5-6-12-20-16/h1-12H,13H2,(H,21,22). The van der Waals surface area contributed by atoms with Crippen molar-refractivity contribution in [3.05, 3.63) is 78.5 Å². The third kappa shape index (κ3) is 2.91. The molecule has 5 heteroatoms. The summed E-state index contributed by atoms with van der Waals surface area (Å²) in [6.07, 6.45) is 1.77. The van der Waals surface area contributed by atoms with Crippen molar-refractivity contribution in [2.24, 2.45) is 0 Å². The number of rotatable bonds is 4. The Morgan fingerprint density at radius 3 is 2.54 bits per heavy atom. The summed E-state index contributed by atoms with van der Waals surface area (Å²) < 4.78 is 12.8. The number of imidazole rings is 1. The first-order valence-electron chi connectivity index (χ1n) is 7.64. The quantitative estimate of drug-likeness (QED) is 0.575. The van der Waals surface area contributed by atoms with E-state index < -0.39 is 11.2 Å². The van der Waals surface area contributed by atoms with Crippen molar-refractivity contribution in [1.82, 2.24) is 15.0 Å². The molecule has 0 fully saturated rings. The maximum absolute atomic E-state index is 12.8. The lowest BCUT2D eigenvalue weighted by Gasteiger charge is -2.11. The lowest BCUT2D eigenvalue weighted by Crippen LogP contribution is -2.08. The van der Waals surface area contributed by atoms with E-state index >= 15 is 0 Å². The van der Waals surface area contributed by atoms with Crippen molar-refractivity contribution in [2.75, 3.05) is 0 Å². The van der Waals surface area contributed by atoms with Crippen LogP contribution in [-0.2, 0) is 16.9 Å². The highest BCUT2D eigenvalue weighted by atomic mass is 32.2. The summed E-state index contributed by atoms with van der Waals surface area (Å²) in [5, 5.41) is 0.507. The fourth-order valence-electron chi connectivity index (χ4n) is 2.66. The van der Waals surface area contributed by atoms with E-state index in [2.05, 4.69) is 15.0 Å². The molecule has 0 saturated heterocycles. The maximum Gasteiger partial charge on any atom is 0.321 e. The van der Waals surface area contributed by atoms with Gasteiger partial charge in [-0.05, 0) is 24.3 Å². The molecular formula is C19H15N3OS. The zero-order valence-electron chi connectivity index (χ0n) is 12.8. The molecule has 0 amide bonds. The maximum atomic E-state index is 12.8. The molecule has 0 aliphatic heterocycles. The van der Waals surface area contributed by atoms with E-state index in [1.165, 1.54) is 0 Å². The van der Waals surface area contributed by atoms with Crippen LogP contribution in [0, 0.1) is 0 Å². The van der Waals surface area contributed by atoms with Crippen molar-refractivity contribution in [1.29, 1.82) is 0 Å². The first-order valence-corrected chi connectivity index (χ1v) is 8.95. The van der Waals surface area contributed by atoms with Crippen molar-refractivity contribution >= 4 is 22.2 Å². The topological polar surface area (TPSA) is 64.6 Å². The Balaban J connectivity index is 1.65. The molecule has 1 unspecified atom stereocenters. The Kier molecular flexibility index (Phi) is 4.02. The fourth-order valence-corrected chi connectivity index (χ4v) is 3.76. The number of benzene rings is 2. The number of hydrogen-bond donors (Lipinski definition) is 1. The number of hydrogen-bond acceptors (Lipinski definition) is 3. The third-order valence-corrected chi connectivity index (χ3v) is 5.03. The fraction of sp³-hybridized carbons (Fsp3) is 0.0526. The van der Waals surface area contributed by atoms with E-state index in [-0.39, 0.29) is 0 Å². The van der Waals surface area contributed by atoms with Crippen molar-refractivity contribution in [3.63, 3.8) is 0 Å².